The Morgan fingerprint density at radius 3 is 2.50 bits per heavy atom. The summed E-state index contributed by atoms with van der Waals surface area (Å²) in [6.45, 7) is 5.72. The molecular formula is C7H12O. The third-order valence-electron chi connectivity index (χ3n) is 1.02. The van der Waals surface area contributed by atoms with Crippen LogP contribution in [0.3, 0.4) is 0 Å². The van der Waals surface area contributed by atoms with Crippen molar-refractivity contribution in [1.29, 1.82) is 0 Å². The van der Waals surface area contributed by atoms with E-state index in [1.807, 2.05) is 6.92 Å². The van der Waals surface area contributed by atoms with E-state index < -0.39 is 0 Å². The van der Waals surface area contributed by atoms with E-state index in [1.165, 1.54) is 0 Å². The maximum absolute atomic E-state index is 8.37. The molecule has 0 aliphatic heterocycles. The summed E-state index contributed by atoms with van der Waals surface area (Å²) in [4.78, 5) is 0. The zero-order valence-electron chi connectivity index (χ0n) is 5.22. The van der Waals surface area contributed by atoms with Gasteiger partial charge >= 0.3 is 0 Å². The molecule has 0 aromatic carbocycles. The van der Waals surface area contributed by atoms with Gasteiger partial charge in [0, 0.05) is 0 Å². The van der Waals surface area contributed by atoms with E-state index in [-0.39, 0.29) is 6.61 Å². The average Bonchev–Trinajstić information content (AvgIpc) is 1.83. The van der Waals surface area contributed by atoms with Gasteiger partial charge in [-0.05, 0) is 6.42 Å². The molecule has 0 spiro atoms. The topological polar surface area (TPSA) is 20.2 Å². The first-order valence-corrected chi connectivity index (χ1v) is 2.77. The number of hydrogen-bond acceptors (Lipinski definition) is 1. The second kappa shape index (κ2) is 4.60. The average molecular weight is 112 g/mol. The molecule has 0 aromatic rings. The molecule has 1 heteroatoms. The third-order valence-corrected chi connectivity index (χ3v) is 1.02. The van der Waals surface area contributed by atoms with Gasteiger partial charge in [-0.2, -0.15) is 0 Å². The summed E-state index contributed by atoms with van der Waals surface area (Å²) >= 11 is 0. The maximum Gasteiger partial charge on any atom is 0.0618 e. The minimum absolute atomic E-state index is 0.120. The number of aliphatic hydroxyl groups is 1. The molecular weight excluding hydrogens is 100 g/mol. The second-order valence-corrected chi connectivity index (χ2v) is 1.52. The molecule has 0 aromatic heterocycles. The highest BCUT2D eigenvalue weighted by molar-refractivity contribution is 5.14. The van der Waals surface area contributed by atoms with Gasteiger partial charge in [-0.25, -0.2) is 0 Å². The highest BCUT2D eigenvalue weighted by Gasteiger charge is 1.81. The molecule has 0 fully saturated rings. The van der Waals surface area contributed by atoms with Gasteiger partial charge in [-0.15, -0.1) is 0 Å². The predicted octanol–water partition coefficient (Wildman–Crippen LogP) is 1.50. The molecule has 0 heterocycles. The maximum atomic E-state index is 8.37. The Labute approximate surface area is 50.3 Å². The molecule has 0 saturated carbocycles. The van der Waals surface area contributed by atoms with Gasteiger partial charge in [-0.1, -0.05) is 31.2 Å². The number of allylic oxidation sites excluding steroid dienone is 2. The van der Waals surface area contributed by atoms with E-state index in [1.54, 1.807) is 12.2 Å². The predicted molar refractivity (Wildman–Crippen MR) is 35.7 cm³/mol. The van der Waals surface area contributed by atoms with Crippen LogP contribution in [-0.2, 0) is 0 Å². The largest absolute Gasteiger partial charge is 0.392 e. The molecule has 0 rings (SSSR count). The van der Waals surface area contributed by atoms with Crippen molar-refractivity contribution in [2.45, 2.75) is 13.3 Å². The van der Waals surface area contributed by atoms with Gasteiger partial charge in [0.05, 0.1) is 6.61 Å². The molecule has 0 saturated heterocycles. The Hall–Kier alpha value is -0.560. The number of hydrogen-bond donors (Lipinski definition) is 1. The van der Waals surface area contributed by atoms with Gasteiger partial charge < -0.3 is 5.11 Å². The molecule has 0 bridgehead atoms. The lowest BCUT2D eigenvalue weighted by atomic mass is 10.2. The lowest BCUT2D eigenvalue weighted by Crippen LogP contribution is -1.77. The quantitative estimate of drug-likeness (QED) is 0.548. The van der Waals surface area contributed by atoms with E-state index >= 15 is 0 Å². The standard InChI is InChI=1S/C7H12O/c1-3-7(4-2)5-6-8/h3,5,8H,1,4,6H2,2H3. The van der Waals surface area contributed by atoms with Crippen LogP contribution in [0.25, 0.3) is 0 Å². The van der Waals surface area contributed by atoms with Gasteiger partial charge in [-0.3, -0.25) is 0 Å². The van der Waals surface area contributed by atoms with Crippen molar-refractivity contribution in [1.82, 2.24) is 0 Å². The third kappa shape index (κ3) is 2.59. The summed E-state index contributed by atoms with van der Waals surface area (Å²) in [7, 11) is 0. The zero-order valence-corrected chi connectivity index (χ0v) is 5.22. The van der Waals surface area contributed by atoms with Crippen LogP contribution in [0.5, 0.6) is 0 Å². The van der Waals surface area contributed by atoms with Crippen LogP contribution in [0, 0.1) is 0 Å². The molecule has 0 aliphatic rings. The van der Waals surface area contributed by atoms with Crippen molar-refractivity contribution in [2.75, 3.05) is 6.61 Å². The normalized spacial score (nSPS) is 11.5. The Balaban J connectivity index is 3.66. The molecule has 0 radical (unpaired) electrons. The van der Waals surface area contributed by atoms with Gasteiger partial charge in [0.25, 0.3) is 0 Å². The SMILES string of the molecule is C=CC(=CCO)CC. The fourth-order valence-electron chi connectivity index (χ4n) is 0.489. The minimum Gasteiger partial charge on any atom is -0.392 e. The highest BCUT2D eigenvalue weighted by atomic mass is 16.2. The molecule has 0 unspecified atom stereocenters. The molecule has 1 N–H and O–H groups in total. The lowest BCUT2D eigenvalue weighted by Gasteiger charge is -1.90. The smallest absolute Gasteiger partial charge is 0.0618 e. The Kier molecular flexibility index (Phi) is 4.27. The van der Waals surface area contributed by atoms with Crippen LogP contribution >= 0.6 is 0 Å². The fourth-order valence-corrected chi connectivity index (χ4v) is 0.489. The fraction of sp³-hybridized carbons (Fsp3) is 0.429. The molecule has 46 valence electrons. The van der Waals surface area contributed by atoms with Crippen LogP contribution in [0.4, 0.5) is 0 Å². The number of rotatable bonds is 3. The summed E-state index contributed by atoms with van der Waals surface area (Å²) in [5, 5.41) is 8.37. The van der Waals surface area contributed by atoms with E-state index in [0.717, 1.165) is 12.0 Å². The first-order valence-electron chi connectivity index (χ1n) is 2.77. The minimum atomic E-state index is 0.120. The van der Waals surface area contributed by atoms with Crippen LogP contribution in [0.15, 0.2) is 24.3 Å². The molecule has 0 amide bonds. The van der Waals surface area contributed by atoms with E-state index in [2.05, 4.69) is 6.58 Å². The van der Waals surface area contributed by atoms with Crippen molar-refractivity contribution in [3.63, 3.8) is 0 Å². The van der Waals surface area contributed by atoms with E-state index in [9.17, 15) is 0 Å². The van der Waals surface area contributed by atoms with Crippen LogP contribution in [0.2, 0.25) is 0 Å². The summed E-state index contributed by atoms with van der Waals surface area (Å²) in [6.07, 6.45) is 4.47. The summed E-state index contributed by atoms with van der Waals surface area (Å²) < 4.78 is 0. The first kappa shape index (κ1) is 7.44. The van der Waals surface area contributed by atoms with Crippen molar-refractivity contribution >= 4 is 0 Å². The van der Waals surface area contributed by atoms with Crippen molar-refractivity contribution in [3.8, 4) is 0 Å². The van der Waals surface area contributed by atoms with Crippen LogP contribution < -0.4 is 0 Å². The molecule has 0 atom stereocenters. The summed E-state index contributed by atoms with van der Waals surface area (Å²) in [5.41, 5.74) is 1.10. The zero-order chi connectivity index (χ0) is 6.41. The molecule has 0 aliphatic carbocycles. The second-order valence-electron chi connectivity index (χ2n) is 1.52. The van der Waals surface area contributed by atoms with Gasteiger partial charge in [0.15, 0.2) is 0 Å². The Bertz CT molecular complexity index is 92.6. The number of aliphatic hydroxyl groups excluding tert-OH is 1. The van der Waals surface area contributed by atoms with Crippen molar-refractivity contribution in [3.05, 3.63) is 24.3 Å². The highest BCUT2D eigenvalue weighted by Crippen LogP contribution is 1.98. The molecule has 8 heavy (non-hydrogen) atoms. The summed E-state index contributed by atoms with van der Waals surface area (Å²) in [6, 6.07) is 0. The van der Waals surface area contributed by atoms with Crippen LogP contribution in [-0.4, -0.2) is 11.7 Å². The van der Waals surface area contributed by atoms with Gasteiger partial charge in [0.2, 0.25) is 0 Å². The van der Waals surface area contributed by atoms with Crippen molar-refractivity contribution < 1.29 is 5.11 Å². The van der Waals surface area contributed by atoms with E-state index in [4.69, 9.17) is 5.11 Å². The lowest BCUT2D eigenvalue weighted by molar-refractivity contribution is 0.342. The van der Waals surface area contributed by atoms with Gasteiger partial charge in [0.1, 0.15) is 0 Å². The summed E-state index contributed by atoms with van der Waals surface area (Å²) in [5.74, 6) is 0. The first-order chi connectivity index (χ1) is 3.85. The molecule has 1 nitrogen and oxygen atoms in total. The Morgan fingerprint density at radius 1 is 1.75 bits per heavy atom. The van der Waals surface area contributed by atoms with Crippen LogP contribution in [0.1, 0.15) is 13.3 Å². The Morgan fingerprint density at radius 2 is 2.38 bits per heavy atom. The monoisotopic (exact) mass is 112 g/mol. The van der Waals surface area contributed by atoms with E-state index in [0.29, 0.717) is 0 Å². The van der Waals surface area contributed by atoms with Crippen molar-refractivity contribution in [2.24, 2.45) is 0 Å².